The van der Waals surface area contributed by atoms with Gasteiger partial charge < -0.3 is 14.8 Å². The number of hydrogen-bond acceptors (Lipinski definition) is 6. The van der Waals surface area contributed by atoms with Gasteiger partial charge in [0.2, 0.25) is 0 Å². The highest BCUT2D eigenvalue weighted by molar-refractivity contribution is 7.07. The van der Waals surface area contributed by atoms with Crippen LogP contribution in [0.25, 0.3) is 0 Å². The quantitative estimate of drug-likeness (QED) is 0.648. The molecule has 2 aromatic rings. The minimum atomic E-state index is -0.440. The number of hydrogen-bond donors (Lipinski definition) is 1. The maximum atomic E-state index is 11.2. The van der Waals surface area contributed by atoms with Crippen molar-refractivity contribution in [3.63, 3.8) is 0 Å². The van der Waals surface area contributed by atoms with Crippen LogP contribution in [0.2, 0.25) is 0 Å². The van der Waals surface area contributed by atoms with Gasteiger partial charge in [0.1, 0.15) is 5.69 Å². The van der Waals surface area contributed by atoms with E-state index in [-0.39, 0.29) is 11.7 Å². The number of nitrogens with zero attached hydrogens (tertiary/aromatic N) is 1. The van der Waals surface area contributed by atoms with Crippen LogP contribution in [0.3, 0.4) is 0 Å². The predicted molar refractivity (Wildman–Crippen MR) is 82.6 cm³/mol. The van der Waals surface area contributed by atoms with Gasteiger partial charge in [0.25, 0.3) is 5.69 Å². The SMILES string of the molecule is COc1cc(NC(C)c2ccsc2)c([N+](=O)[O-])cc1OC. The van der Waals surface area contributed by atoms with E-state index in [9.17, 15) is 10.1 Å². The van der Waals surface area contributed by atoms with E-state index in [4.69, 9.17) is 9.47 Å². The Balaban J connectivity index is 2.39. The summed E-state index contributed by atoms with van der Waals surface area (Å²) in [6.07, 6.45) is 0. The number of benzene rings is 1. The Morgan fingerprint density at radius 1 is 1.29 bits per heavy atom. The molecule has 21 heavy (non-hydrogen) atoms. The van der Waals surface area contributed by atoms with Crippen molar-refractivity contribution in [2.75, 3.05) is 19.5 Å². The molecule has 1 N–H and O–H groups in total. The van der Waals surface area contributed by atoms with Crippen LogP contribution >= 0.6 is 11.3 Å². The Labute approximate surface area is 126 Å². The van der Waals surface area contributed by atoms with E-state index in [1.54, 1.807) is 17.4 Å². The van der Waals surface area contributed by atoms with Crippen LogP contribution in [-0.4, -0.2) is 19.1 Å². The summed E-state index contributed by atoms with van der Waals surface area (Å²) in [6.45, 7) is 1.95. The molecule has 1 atom stereocenters. The van der Waals surface area contributed by atoms with E-state index in [1.165, 1.54) is 20.3 Å². The number of rotatable bonds is 6. The molecule has 0 spiro atoms. The molecule has 6 nitrogen and oxygen atoms in total. The van der Waals surface area contributed by atoms with Crippen LogP contribution in [-0.2, 0) is 0 Å². The maximum Gasteiger partial charge on any atom is 0.296 e. The molecule has 0 saturated heterocycles. The molecule has 1 heterocycles. The number of methoxy groups -OCH3 is 2. The Hall–Kier alpha value is -2.28. The first-order valence-electron chi connectivity index (χ1n) is 6.25. The lowest BCUT2D eigenvalue weighted by molar-refractivity contribution is -0.384. The first-order valence-corrected chi connectivity index (χ1v) is 7.20. The molecule has 0 aliphatic rings. The van der Waals surface area contributed by atoms with Crippen molar-refractivity contribution in [1.82, 2.24) is 0 Å². The Kier molecular flexibility index (Phi) is 4.64. The summed E-state index contributed by atoms with van der Waals surface area (Å²) in [5, 5.41) is 18.4. The molecule has 1 unspecified atom stereocenters. The van der Waals surface area contributed by atoms with Crippen LogP contribution in [0, 0.1) is 10.1 Å². The molecule has 2 rings (SSSR count). The third kappa shape index (κ3) is 3.25. The molecule has 0 saturated carbocycles. The van der Waals surface area contributed by atoms with Crippen molar-refractivity contribution >= 4 is 22.7 Å². The number of thiophene rings is 1. The summed E-state index contributed by atoms with van der Waals surface area (Å²) < 4.78 is 10.3. The fourth-order valence-electron chi connectivity index (χ4n) is 1.97. The first kappa shape index (κ1) is 15.1. The van der Waals surface area contributed by atoms with Crippen LogP contribution in [0.15, 0.2) is 29.0 Å². The largest absolute Gasteiger partial charge is 0.493 e. The van der Waals surface area contributed by atoms with E-state index >= 15 is 0 Å². The molecule has 0 radical (unpaired) electrons. The Morgan fingerprint density at radius 3 is 2.48 bits per heavy atom. The zero-order valence-corrected chi connectivity index (χ0v) is 12.8. The van der Waals surface area contributed by atoms with Gasteiger partial charge in [-0.25, -0.2) is 0 Å². The smallest absolute Gasteiger partial charge is 0.296 e. The third-order valence-corrected chi connectivity index (χ3v) is 3.82. The summed E-state index contributed by atoms with van der Waals surface area (Å²) in [7, 11) is 2.94. The Bertz CT molecular complexity index is 628. The second kappa shape index (κ2) is 6.45. The van der Waals surface area contributed by atoms with Crippen LogP contribution in [0.5, 0.6) is 11.5 Å². The van der Waals surface area contributed by atoms with Crippen molar-refractivity contribution < 1.29 is 14.4 Å². The number of nitrogens with one attached hydrogen (secondary N) is 1. The standard InChI is InChI=1S/C14H16N2O4S/c1-9(10-4-5-21-8-10)15-11-6-13(19-2)14(20-3)7-12(11)16(17)18/h4-9,15H,1-3H3. The van der Waals surface area contributed by atoms with E-state index in [0.717, 1.165) is 5.56 Å². The summed E-state index contributed by atoms with van der Waals surface area (Å²) in [4.78, 5) is 10.8. The number of anilines is 1. The third-order valence-electron chi connectivity index (χ3n) is 3.11. The van der Waals surface area contributed by atoms with Crippen LogP contribution in [0.4, 0.5) is 11.4 Å². The van der Waals surface area contributed by atoms with Crippen molar-refractivity contribution in [1.29, 1.82) is 0 Å². The lowest BCUT2D eigenvalue weighted by Gasteiger charge is -2.16. The highest BCUT2D eigenvalue weighted by Gasteiger charge is 2.21. The summed E-state index contributed by atoms with van der Waals surface area (Å²) in [5.74, 6) is 0.779. The highest BCUT2D eigenvalue weighted by atomic mass is 32.1. The lowest BCUT2D eigenvalue weighted by atomic mass is 10.1. The lowest BCUT2D eigenvalue weighted by Crippen LogP contribution is -2.08. The molecule has 0 aliphatic carbocycles. The van der Waals surface area contributed by atoms with Gasteiger partial charge in [0.15, 0.2) is 11.5 Å². The molecular weight excluding hydrogens is 292 g/mol. The van der Waals surface area contributed by atoms with Gasteiger partial charge in [-0.1, -0.05) is 0 Å². The molecule has 1 aromatic heterocycles. The Morgan fingerprint density at radius 2 is 1.95 bits per heavy atom. The molecule has 112 valence electrons. The van der Waals surface area contributed by atoms with Gasteiger partial charge in [-0.3, -0.25) is 10.1 Å². The minimum absolute atomic E-state index is 0.0465. The van der Waals surface area contributed by atoms with Crippen molar-refractivity contribution in [2.45, 2.75) is 13.0 Å². The van der Waals surface area contributed by atoms with E-state index in [2.05, 4.69) is 5.32 Å². The fraction of sp³-hybridized carbons (Fsp3) is 0.286. The van der Waals surface area contributed by atoms with Crippen molar-refractivity contribution in [3.05, 3.63) is 44.6 Å². The maximum absolute atomic E-state index is 11.2. The van der Waals surface area contributed by atoms with Gasteiger partial charge in [0, 0.05) is 12.1 Å². The molecule has 0 bridgehead atoms. The molecule has 1 aromatic carbocycles. The van der Waals surface area contributed by atoms with Crippen molar-refractivity contribution in [3.8, 4) is 11.5 Å². The average Bonchev–Trinajstić information content (AvgIpc) is 3.00. The molecule has 0 aliphatic heterocycles. The summed E-state index contributed by atoms with van der Waals surface area (Å²) in [6, 6.07) is 4.88. The topological polar surface area (TPSA) is 73.6 Å². The predicted octanol–water partition coefficient (Wildman–Crippen LogP) is 3.85. The van der Waals surface area contributed by atoms with Crippen LogP contribution in [0.1, 0.15) is 18.5 Å². The summed E-state index contributed by atoms with van der Waals surface area (Å²) in [5.41, 5.74) is 1.43. The number of ether oxygens (including phenoxy) is 2. The second-order valence-corrected chi connectivity index (χ2v) is 5.18. The van der Waals surface area contributed by atoms with E-state index in [0.29, 0.717) is 17.2 Å². The number of nitro benzene ring substituents is 1. The first-order chi connectivity index (χ1) is 10.1. The van der Waals surface area contributed by atoms with Crippen molar-refractivity contribution in [2.24, 2.45) is 0 Å². The van der Waals surface area contributed by atoms with Crippen LogP contribution < -0.4 is 14.8 Å². The van der Waals surface area contributed by atoms with Gasteiger partial charge in [0.05, 0.1) is 25.2 Å². The average molecular weight is 308 g/mol. The molecule has 0 fully saturated rings. The van der Waals surface area contributed by atoms with Gasteiger partial charge in [-0.05, 0) is 29.3 Å². The summed E-state index contributed by atoms with van der Waals surface area (Å²) >= 11 is 1.58. The fourth-order valence-corrected chi connectivity index (χ4v) is 2.73. The minimum Gasteiger partial charge on any atom is -0.493 e. The molecule has 7 heteroatoms. The van der Waals surface area contributed by atoms with E-state index < -0.39 is 4.92 Å². The highest BCUT2D eigenvalue weighted by Crippen LogP contribution is 2.39. The second-order valence-electron chi connectivity index (χ2n) is 4.40. The molecule has 0 amide bonds. The van der Waals surface area contributed by atoms with Gasteiger partial charge in [-0.15, -0.1) is 0 Å². The normalized spacial score (nSPS) is 11.8. The van der Waals surface area contributed by atoms with E-state index in [1.807, 2.05) is 23.8 Å². The van der Waals surface area contributed by atoms with Gasteiger partial charge in [-0.2, -0.15) is 11.3 Å². The zero-order chi connectivity index (χ0) is 15.4. The van der Waals surface area contributed by atoms with Gasteiger partial charge >= 0.3 is 0 Å². The monoisotopic (exact) mass is 308 g/mol. The number of nitro groups is 1. The zero-order valence-electron chi connectivity index (χ0n) is 12.0. The molecular formula is C14H16N2O4S.